The predicted octanol–water partition coefficient (Wildman–Crippen LogP) is 4.16. The number of halogens is 1. The number of rotatable bonds is 2. The molecule has 1 aromatic heterocycles. The monoisotopic (exact) mass is 415 g/mol. The summed E-state index contributed by atoms with van der Waals surface area (Å²) in [6.07, 6.45) is 6.64. The lowest BCUT2D eigenvalue weighted by atomic mass is 10.1. The summed E-state index contributed by atoms with van der Waals surface area (Å²) in [7, 11) is 0. The molecule has 0 spiro atoms. The van der Waals surface area contributed by atoms with Gasteiger partial charge in [0.15, 0.2) is 5.84 Å². The quantitative estimate of drug-likeness (QED) is 0.682. The second-order valence-corrected chi connectivity index (χ2v) is 7.26. The largest absolute Gasteiger partial charge is 0.302 e. The fraction of sp³-hybridized carbons (Fsp3) is 0.0870. The third kappa shape index (κ3) is 3.32. The van der Waals surface area contributed by atoms with Gasteiger partial charge < -0.3 is 4.90 Å². The fourth-order valence-electron chi connectivity index (χ4n) is 3.64. The Morgan fingerprint density at radius 3 is 2.77 bits per heavy atom. The molecule has 0 unspecified atom stereocenters. The average molecular weight is 415 g/mol. The summed E-state index contributed by atoms with van der Waals surface area (Å²) in [4.78, 5) is 19.4. The zero-order valence-corrected chi connectivity index (χ0v) is 16.6. The number of amides is 1. The van der Waals surface area contributed by atoms with Gasteiger partial charge in [-0.25, -0.2) is 19.1 Å². The molecule has 3 heterocycles. The van der Waals surface area contributed by atoms with Gasteiger partial charge in [-0.05, 0) is 43.3 Å². The zero-order valence-electron chi connectivity index (χ0n) is 16.6. The molecule has 8 heteroatoms. The second-order valence-electron chi connectivity index (χ2n) is 7.26. The van der Waals surface area contributed by atoms with Crippen molar-refractivity contribution >= 4 is 23.1 Å². The number of hydrogen-bond donors (Lipinski definition) is 1. The molecular weight excluding hydrogens is 397 g/mol. The normalized spacial score (nSPS) is 15.1. The zero-order chi connectivity index (χ0) is 21.5. The second kappa shape index (κ2) is 7.33. The molecule has 5 rings (SSSR count). The van der Waals surface area contributed by atoms with Gasteiger partial charge in [0.05, 0.1) is 34.9 Å². The van der Waals surface area contributed by atoms with Crippen LogP contribution in [-0.4, -0.2) is 38.3 Å². The summed E-state index contributed by atoms with van der Waals surface area (Å²) < 4.78 is 16.6. The number of nitrogens with zero attached hydrogens (tertiary/aromatic N) is 5. The van der Waals surface area contributed by atoms with Crippen molar-refractivity contribution < 1.29 is 14.4 Å². The first-order valence-electron chi connectivity index (χ1n) is 9.69. The smallest absolute Gasteiger partial charge is 0.261 e. The molecule has 31 heavy (non-hydrogen) atoms. The van der Waals surface area contributed by atoms with Crippen molar-refractivity contribution in [3.8, 4) is 5.69 Å². The molecule has 154 valence electrons. The summed E-state index contributed by atoms with van der Waals surface area (Å²) in [6.45, 7) is 1.98. The molecule has 0 fully saturated rings. The minimum absolute atomic E-state index is 0.0568. The lowest BCUT2D eigenvalue weighted by Crippen LogP contribution is -2.36. The Bertz CT molecular complexity index is 1290. The van der Waals surface area contributed by atoms with E-state index in [2.05, 4.69) is 10.1 Å². The predicted molar refractivity (Wildman–Crippen MR) is 114 cm³/mol. The molecule has 0 atom stereocenters. The minimum Gasteiger partial charge on any atom is -0.302 e. The molecule has 1 N–H and O–H groups in total. The van der Waals surface area contributed by atoms with Crippen LogP contribution in [0, 0.1) is 12.7 Å². The van der Waals surface area contributed by atoms with Gasteiger partial charge in [-0.3, -0.25) is 10.0 Å². The lowest BCUT2D eigenvalue weighted by molar-refractivity contribution is 0.0373. The van der Waals surface area contributed by atoms with Crippen LogP contribution in [0.5, 0.6) is 0 Å². The first-order chi connectivity index (χ1) is 15.0. The molecule has 0 saturated carbocycles. The molecule has 0 saturated heterocycles. The molecule has 2 aliphatic heterocycles. The van der Waals surface area contributed by atoms with Gasteiger partial charge in [-0.1, -0.05) is 18.2 Å². The molecule has 3 aromatic rings. The Morgan fingerprint density at radius 1 is 1.16 bits per heavy atom. The number of hydrogen-bond acceptors (Lipinski definition) is 5. The third-order valence-corrected chi connectivity index (χ3v) is 5.17. The van der Waals surface area contributed by atoms with Gasteiger partial charge in [0.25, 0.3) is 5.91 Å². The van der Waals surface area contributed by atoms with E-state index in [1.807, 2.05) is 13.0 Å². The molecule has 2 aromatic carbocycles. The van der Waals surface area contributed by atoms with E-state index in [0.29, 0.717) is 28.5 Å². The number of allylic oxidation sites excluding steroid dienone is 2. The molecule has 0 radical (unpaired) electrons. The SMILES string of the molecule is Cc1ccn(-c2ccc(C(=O)N3CC4=CC=CN(O)C4=Nc4ccccc43)c(F)c2)n1. The van der Waals surface area contributed by atoms with E-state index < -0.39 is 11.7 Å². The summed E-state index contributed by atoms with van der Waals surface area (Å²) in [5.41, 5.74) is 2.96. The maximum absolute atomic E-state index is 15.0. The third-order valence-electron chi connectivity index (χ3n) is 5.17. The number of aryl methyl sites for hydroxylation is 1. The highest BCUT2D eigenvalue weighted by Crippen LogP contribution is 2.35. The number of aliphatic imine (C=N–C) groups is 1. The van der Waals surface area contributed by atoms with Crippen molar-refractivity contribution in [2.75, 3.05) is 11.4 Å². The van der Waals surface area contributed by atoms with Crippen molar-refractivity contribution in [3.63, 3.8) is 0 Å². The number of hydroxylamine groups is 2. The van der Waals surface area contributed by atoms with Crippen LogP contribution in [0.1, 0.15) is 16.1 Å². The highest BCUT2D eigenvalue weighted by Gasteiger charge is 2.29. The Morgan fingerprint density at radius 2 is 2.00 bits per heavy atom. The van der Waals surface area contributed by atoms with Crippen LogP contribution >= 0.6 is 0 Å². The Kier molecular flexibility index (Phi) is 4.48. The van der Waals surface area contributed by atoms with E-state index in [1.165, 1.54) is 23.2 Å². The van der Waals surface area contributed by atoms with Crippen LogP contribution in [0.3, 0.4) is 0 Å². The molecule has 1 amide bonds. The molecule has 2 aliphatic rings. The molecular formula is C23H18FN5O2. The minimum atomic E-state index is -0.639. The Balaban J connectivity index is 1.55. The topological polar surface area (TPSA) is 74.0 Å². The molecule has 0 bridgehead atoms. The van der Waals surface area contributed by atoms with Crippen LogP contribution in [0.2, 0.25) is 0 Å². The van der Waals surface area contributed by atoms with Crippen LogP contribution < -0.4 is 4.90 Å². The molecule has 7 nitrogen and oxygen atoms in total. The van der Waals surface area contributed by atoms with E-state index in [0.717, 1.165) is 10.8 Å². The van der Waals surface area contributed by atoms with Crippen molar-refractivity contribution in [2.24, 2.45) is 4.99 Å². The van der Waals surface area contributed by atoms with Crippen molar-refractivity contribution in [2.45, 2.75) is 6.92 Å². The number of anilines is 1. The van der Waals surface area contributed by atoms with Crippen molar-refractivity contribution in [1.29, 1.82) is 0 Å². The maximum atomic E-state index is 15.0. The Hall–Kier alpha value is -4.04. The van der Waals surface area contributed by atoms with E-state index in [9.17, 15) is 10.0 Å². The Labute approximate surface area is 177 Å². The van der Waals surface area contributed by atoms with Crippen LogP contribution in [0.4, 0.5) is 15.8 Å². The number of carbonyl (C=O) groups excluding carboxylic acids is 1. The summed E-state index contributed by atoms with van der Waals surface area (Å²) in [5, 5.41) is 15.4. The van der Waals surface area contributed by atoms with E-state index in [-0.39, 0.29) is 12.1 Å². The van der Waals surface area contributed by atoms with Gasteiger partial charge in [0, 0.05) is 24.0 Å². The standard InChI is InChI=1S/C23H18FN5O2/c1-15-10-12-28(26-15)17-8-9-18(19(24)13-17)23(30)27-14-16-5-4-11-29(31)22(16)25-20-6-2-3-7-21(20)27/h2-13,31H,14H2,1H3. The maximum Gasteiger partial charge on any atom is 0.261 e. The lowest BCUT2D eigenvalue weighted by Gasteiger charge is -2.25. The van der Waals surface area contributed by atoms with Gasteiger partial charge in [0.1, 0.15) is 5.82 Å². The van der Waals surface area contributed by atoms with Crippen LogP contribution in [0.25, 0.3) is 5.69 Å². The highest BCUT2D eigenvalue weighted by atomic mass is 19.1. The summed E-state index contributed by atoms with van der Waals surface area (Å²) >= 11 is 0. The van der Waals surface area contributed by atoms with Gasteiger partial charge in [0.2, 0.25) is 0 Å². The molecule has 0 aliphatic carbocycles. The first kappa shape index (κ1) is 19.0. The number of aromatic nitrogens is 2. The number of carbonyl (C=O) groups is 1. The van der Waals surface area contributed by atoms with E-state index in [4.69, 9.17) is 0 Å². The number of benzene rings is 2. The number of fused-ring (bicyclic) bond motifs is 2. The number of para-hydroxylation sites is 2. The average Bonchev–Trinajstić information content (AvgIpc) is 3.12. The summed E-state index contributed by atoms with van der Waals surface area (Å²) in [6, 6.07) is 13.3. The van der Waals surface area contributed by atoms with Crippen LogP contribution in [0.15, 0.2) is 83.6 Å². The first-order valence-corrected chi connectivity index (χ1v) is 9.69. The van der Waals surface area contributed by atoms with Crippen molar-refractivity contribution in [3.05, 3.63) is 95.7 Å². The highest BCUT2D eigenvalue weighted by molar-refractivity contribution is 6.12. The van der Waals surface area contributed by atoms with Crippen molar-refractivity contribution in [1.82, 2.24) is 14.8 Å². The number of amidine groups is 1. The van der Waals surface area contributed by atoms with Crippen LogP contribution in [-0.2, 0) is 0 Å². The van der Waals surface area contributed by atoms with Gasteiger partial charge in [-0.2, -0.15) is 5.10 Å². The summed E-state index contributed by atoms with van der Waals surface area (Å²) in [5.74, 6) is -0.806. The van der Waals surface area contributed by atoms with Gasteiger partial charge in [-0.15, -0.1) is 0 Å². The van der Waals surface area contributed by atoms with Gasteiger partial charge >= 0.3 is 0 Å². The fourth-order valence-corrected chi connectivity index (χ4v) is 3.64. The van der Waals surface area contributed by atoms with E-state index >= 15 is 4.39 Å². The van der Waals surface area contributed by atoms with E-state index in [1.54, 1.807) is 53.4 Å².